The van der Waals surface area contributed by atoms with Crippen LogP contribution in [0.15, 0.2) is 0 Å². The van der Waals surface area contributed by atoms with E-state index in [-0.39, 0.29) is 11.8 Å². The van der Waals surface area contributed by atoms with Gasteiger partial charge in [-0.25, -0.2) is 4.98 Å². The Hall–Kier alpha value is -1.39. The van der Waals surface area contributed by atoms with Gasteiger partial charge in [0.2, 0.25) is 0 Å². The molecule has 1 aromatic heterocycles. The van der Waals surface area contributed by atoms with E-state index in [1.54, 1.807) is 0 Å². The van der Waals surface area contributed by atoms with Crippen molar-refractivity contribution in [1.29, 1.82) is 0 Å². The fourth-order valence-electron chi connectivity index (χ4n) is 2.38. The highest BCUT2D eigenvalue weighted by molar-refractivity contribution is 5.71. The molecule has 1 heterocycles. The van der Waals surface area contributed by atoms with Crippen molar-refractivity contribution in [2.75, 3.05) is 0 Å². The van der Waals surface area contributed by atoms with Gasteiger partial charge in [0.1, 0.15) is 5.82 Å². The Morgan fingerprint density at radius 3 is 2.80 bits per heavy atom. The molecule has 3 unspecified atom stereocenters. The predicted molar refractivity (Wildman–Crippen MR) is 53.4 cm³/mol. The Morgan fingerprint density at radius 1 is 1.53 bits per heavy atom. The first kappa shape index (κ1) is 10.1. The van der Waals surface area contributed by atoms with Crippen molar-refractivity contribution >= 4 is 5.97 Å². The number of aliphatic carboxylic acids is 1. The minimum absolute atomic E-state index is 0.0255. The van der Waals surface area contributed by atoms with Gasteiger partial charge in [0.05, 0.1) is 5.92 Å². The van der Waals surface area contributed by atoms with Crippen LogP contribution < -0.4 is 0 Å². The third kappa shape index (κ3) is 1.86. The molecule has 2 N–H and O–H groups in total. The van der Waals surface area contributed by atoms with E-state index in [1.165, 1.54) is 0 Å². The number of nitrogens with zero attached hydrogens (tertiary/aromatic N) is 2. The fraction of sp³-hybridized carbons (Fsp3) is 0.700. The van der Waals surface area contributed by atoms with Crippen LogP contribution in [0.1, 0.15) is 37.3 Å². The summed E-state index contributed by atoms with van der Waals surface area (Å²) >= 11 is 0. The first-order valence-electron chi connectivity index (χ1n) is 5.19. The van der Waals surface area contributed by atoms with Crippen LogP contribution in [-0.4, -0.2) is 26.3 Å². The Balaban J connectivity index is 2.24. The summed E-state index contributed by atoms with van der Waals surface area (Å²) < 4.78 is 0. The van der Waals surface area contributed by atoms with Gasteiger partial charge in [-0.3, -0.25) is 9.89 Å². The van der Waals surface area contributed by atoms with E-state index in [0.717, 1.165) is 18.7 Å². The smallest absolute Gasteiger partial charge is 0.307 e. The van der Waals surface area contributed by atoms with Crippen molar-refractivity contribution in [1.82, 2.24) is 15.2 Å². The van der Waals surface area contributed by atoms with Crippen molar-refractivity contribution in [3.8, 4) is 0 Å². The Bertz CT molecular complexity index is 374. The van der Waals surface area contributed by atoms with Crippen molar-refractivity contribution < 1.29 is 9.90 Å². The molecule has 5 heteroatoms. The molecule has 0 saturated heterocycles. The molecule has 0 aliphatic heterocycles. The summed E-state index contributed by atoms with van der Waals surface area (Å²) in [6, 6.07) is 0. The number of aromatic nitrogens is 3. The van der Waals surface area contributed by atoms with Crippen molar-refractivity contribution in [2.45, 2.75) is 32.6 Å². The maximum atomic E-state index is 11.1. The summed E-state index contributed by atoms with van der Waals surface area (Å²) in [4.78, 5) is 15.3. The van der Waals surface area contributed by atoms with Crippen LogP contribution in [-0.2, 0) is 4.79 Å². The lowest BCUT2D eigenvalue weighted by molar-refractivity contribution is -0.142. The summed E-state index contributed by atoms with van der Waals surface area (Å²) in [6.45, 7) is 3.90. The normalized spacial score (nSPS) is 30.7. The number of aromatic amines is 1. The molecule has 82 valence electrons. The predicted octanol–water partition coefficient (Wildman–Crippen LogP) is 1.33. The zero-order chi connectivity index (χ0) is 11.0. The summed E-state index contributed by atoms with van der Waals surface area (Å²) in [5, 5.41) is 15.9. The standard InChI is InChI=1S/C10H15N3O2/c1-5-3-7(8(4-5)10(14)15)9-11-6(2)12-13-9/h5,7-8H,3-4H2,1-2H3,(H,14,15)(H,11,12,13). The van der Waals surface area contributed by atoms with Gasteiger partial charge in [-0.05, 0) is 25.7 Å². The molecule has 0 spiro atoms. The average Bonchev–Trinajstić information content (AvgIpc) is 2.71. The molecule has 0 aromatic carbocycles. The Labute approximate surface area is 87.9 Å². The quantitative estimate of drug-likeness (QED) is 0.770. The highest BCUT2D eigenvalue weighted by Gasteiger charge is 2.39. The van der Waals surface area contributed by atoms with Crippen LogP contribution in [0.2, 0.25) is 0 Å². The van der Waals surface area contributed by atoms with E-state index in [4.69, 9.17) is 5.11 Å². The fourth-order valence-corrected chi connectivity index (χ4v) is 2.38. The topological polar surface area (TPSA) is 78.9 Å². The lowest BCUT2D eigenvalue weighted by atomic mass is 9.96. The Morgan fingerprint density at radius 2 is 2.27 bits per heavy atom. The molecule has 1 aromatic rings. The van der Waals surface area contributed by atoms with Crippen LogP contribution in [0.3, 0.4) is 0 Å². The van der Waals surface area contributed by atoms with Crippen molar-refractivity contribution in [3.05, 3.63) is 11.6 Å². The zero-order valence-electron chi connectivity index (χ0n) is 8.90. The molecule has 0 bridgehead atoms. The molecular weight excluding hydrogens is 194 g/mol. The number of hydrogen-bond donors (Lipinski definition) is 2. The highest BCUT2D eigenvalue weighted by Crippen LogP contribution is 2.41. The molecule has 1 aliphatic rings. The minimum Gasteiger partial charge on any atom is -0.481 e. The molecular formula is C10H15N3O2. The average molecular weight is 209 g/mol. The lowest BCUT2D eigenvalue weighted by Gasteiger charge is -2.10. The molecule has 15 heavy (non-hydrogen) atoms. The summed E-state index contributed by atoms with van der Waals surface area (Å²) in [6.07, 6.45) is 1.60. The second kappa shape index (κ2) is 3.64. The van der Waals surface area contributed by atoms with E-state index in [2.05, 4.69) is 22.1 Å². The van der Waals surface area contributed by atoms with Crippen LogP contribution in [0.4, 0.5) is 0 Å². The monoisotopic (exact) mass is 209 g/mol. The van der Waals surface area contributed by atoms with E-state index in [0.29, 0.717) is 11.7 Å². The second-order valence-electron chi connectivity index (χ2n) is 4.41. The van der Waals surface area contributed by atoms with Gasteiger partial charge in [0.15, 0.2) is 5.82 Å². The molecule has 1 fully saturated rings. The van der Waals surface area contributed by atoms with E-state index in [9.17, 15) is 4.79 Å². The second-order valence-corrected chi connectivity index (χ2v) is 4.41. The number of nitrogens with one attached hydrogen (secondary N) is 1. The van der Waals surface area contributed by atoms with Crippen LogP contribution in [0, 0.1) is 18.8 Å². The van der Waals surface area contributed by atoms with Crippen LogP contribution in [0.5, 0.6) is 0 Å². The van der Waals surface area contributed by atoms with Gasteiger partial charge >= 0.3 is 5.97 Å². The number of aryl methyl sites for hydroxylation is 1. The molecule has 1 aliphatic carbocycles. The molecule has 0 radical (unpaired) electrons. The maximum Gasteiger partial charge on any atom is 0.307 e. The number of H-pyrrole nitrogens is 1. The van der Waals surface area contributed by atoms with Crippen molar-refractivity contribution in [2.24, 2.45) is 11.8 Å². The number of hydrogen-bond acceptors (Lipinski definition) is 3. The van der Waals surface area contributed by atoms with E-state index in [1.807, 2.05) is 6.92 Å². The summed E-state index contributed by atoms with van der Waals surface area (Å²) in [7, 11) is 0. The van der Waals surface area contributed by atoms with Gasteiger partial charge in [0, 0.05) is 5.92 Å². The molecule has 0 amide bonds. The number of rotatable bonds is 2. The molecule has 5 nitrogen and oxygen atoms in total. The SMILES string of the molecule is Cc1nc(C2CC(C)CC2C(=O)O)n[nH]1. The maximum absolute atomic E-state index is 11.1. The van der Waals surface area contributed by atoms with E-state index >= 15 is 0 Å². The first-order chi connectivity index (χ1) is 7.08. The zero-order valence-corrected chi connectivity index (χ0v) is 8.90. The Kier molecular flexibility index (Phi) is 2.46. The van der Waals surface area contributed by atoms with Gasteiger partial charge in [-0.15, -0.1) is 0 Å². The van der Waals surface area contributed by atoms with Crippen molar-refractivity contribution in [3.63, 3.8) is 0 Å². The van der Waals surface area contributed by atoms with Gasteiger partial charge in [-0.1, -0.05) is 6.92 Å². The highest BCUT2D eigenvalue weighted by atomic mass is 16.4. The van der Waals surface area contributed by atoms with Gasteiger partial charge in [-0.2, -0.15) is 5.10 Å². The molecule has 1 saturated carbocycles. The van der Waals surface area contributed by atoms with E-state index < -0.39 is 5.97 Å². The molecule has 3 atom stereocenters. The lowest BCUT2D eigenvalue weighted by Crippen LogP contribution is -2.17. The minimum atomic E-state index is -0.730. The third-order valence-corrected chi connectivity index (χ3v) is 3.06. The third-order valence-electron chi connectivity index (χ3n) is 3.06. The van der Waals surface area contributed by atoms with Gasteiger partial charge < -0.3 is 5.11 Å². The number of carbonyl (C=O) groups is 1. The number of carboxylic acids is 1. The molecule has 2 rings (SSSR count). The first-order valence-corrected chi connectivity index (χ1v) is 5.19. The van der Waals surface area contributed by atoms with Gasteiger partial charge in [0.25, 0.3) is 0 Å². The van der Waals surface area contributed by atoms with Crippen LogP contribution >= 0.6 is 0 Å². The summed E-state index contributed by atoms with van der Waals surface area (Å²) in [5.74, 6) is 0.761. The van der Waals surface area contributed by atoms with Crippen LogP contribution in [0.25, 0.3) is 0 Å². The largest absolute Gasteiger partial charge is 0.481 e. The summed E-state index contributed by atoms with van der Waals surface area (Å²) in [5.41, 5.74) is 0. The number of carboxylic acid groups (broad SMARTS) is 1.